The van der Waals surface area contributed by atoms with Crippen LogP contribution in [0.5, 0.6) is 0 Å². The Balaban J connectivity index is 1.25. The van der Waals surface area contributed by atoms with Crippen LogP contribution in [0.4, 0.5) is 0 Å². The Labute approximate surface area is 207 Å². The third kappa shape index (κ3) is 3.74. The molecule has 1 aromatic heterocycles. The van der Waals surface area contributed by atoms with Crippen LogP contribution in [-0.4, -0.2) is 45.3 Å². The highest BCUT2D eigenvalue weighted by molar-refractivity contribution is 6.30. The molecular formula is C27H24ClN3O4. The number of hydrogen-bond donors (Lipinski definition) is 0. The first-order valence-electron chi connectivity index (χ1n) is 12.1. The first-order chi connectivity index (χ1) is 17.0. The Morgan fingerprint density at radius 3 is 2.49 bits per heavy atom. The van der Waals surface area contributed by atoms with Crippen LogP contribution >= 0.6 is 11.6 Å². The summed E-state index contributed by atoms with van der Waals surface area (Å²) >= 11 is 6.01. The van der Waals surface area contributed by atoms with E-state index in [0.29, 0.717) is 47.0 Å². The van der Waals surface area contributed by atoms with E-state index in [1.54, 1.807) is 35.2 Å². The third-order valence-corrected chi connectivity index (χ3v) is 7.59. The van der Waals surface area contributed by atoms with Gasteiger partial charge in [-0.2, -0.15) is 0 Å². The van der Waals surface area contributed by atoms with Crippen molar-refractivity contribution >= 4 is 29.3 Å². The molecule has 0 bridgehead atoms. The number of carbonyl (C=O) groups is 3. The van der Waals surface area contributed by atoms with Crippen LogP contribution in [0.15, 0.2) is 47.0 Å². The van der Waals surface area contributed by atoms with E-state index in [1.165, 1.54) is 4.90 Å². The van der Waals surface area contributed by atoms with Gasteiger partial charge in [-0.3, -0.25) is 19.3 Å². The van der Waals surface area contributed by atoms with Crippen molar-refractivity contribution in [2.24, 2.45) is 0 Å². The van der Waals surface area contributed by atoms with Crippen molar-refractivity contribution in [3.63, 3.8) is 0 Å². The van der Waals surface area contributed by atoms with Crippen molar-refractivity contribution in [1.29, 1.82) is 0 Å². The quantitative estimate of drug-likeness (QED) is 0.477. The lowest BCUT2D eigenvalue weighted by molar-refractivity contribution is 0.0548. The highest BCUT2D eigenvalue weighted by Gasteiger charge is 2.41. The van der Waals surface area contributed by atoms with E-state index in [9.17, 15) is 14.4 Å². The number of aromatic nitrogens is 1. The molecule has 0 N–H and O–H groups in total. The summed E-state index contributed by atoms with van der Waals surface area (Å²) in [5.41, 5.74) is 3.70. The lowest BCUT2D eigenvalue weighted by Gasteiger charge is -2.29. The molecule has 0 spiro atoms. The van der Waals surface area contributed by atoms with E-state index >= 15 is 0 Å². The Morgan fingerprint density at radius 2 is 1.71 bits per heavy atom. The maximum atomic E-state index is 13.4. The maximum Gasteiger partial charge on any atom is 0.261 e. The number of benzene rings is 2. The molecule has 1 aliphatic carbocycles. The lowest BCUT2D eigenvalue weighted by atomic mass is 9.94. The number of hydrogen-bond acceptors (Lipinski definition) is 5. The van der Waals surface area contributed by atoms with E-state index < -0.39 is 0 Å². The minimum Gasteiger partial charge on any atom is -0.356 e. The van der Waals surface area contributed by atoms with E-state index in [2.05, 4.69) is 5.16 Å². The van der Waals surface area contributed by atoms with Crippen molar-refractivity contribution in [1.82, 2.24) is 15.0 Å². The predicted octanol–water partition coefficient (Wildman–Crippen LogP) is 5.12. The van der Waals surface area contributed by atoms with Gasteiger partial charge >= 0.3 is 0 Å². The Hall–Kier alpha value is -3.45. The zero-order valence-electron chi connectivity index (χ0n) is 19.1. The molecule has 178 valence electrons. The summed E-state index contributed by atoms with van der Waals surface area (Å²) < 4.78 is 5.61. The van der Waals surface area contributed by atoms with Gasteiger partial charge < -0.3 is 9.42 Å². The predicted molar refractivity (Wildman–Crippen MR) is 129 cm³/mol. The molecule has 3 aliphatic rings. The van der Waals surface area contributed by atoms with E-state index in [-0.39, 0.29) is 23.8 Å². The molecule has 35 heavy (non-hydrogen) atoms. The van der Waals surface area contributed by atoms with Crippen LogP contribution in [0, 0.1) is 0 Å². The van der Waals surface area contributed by atoms with Crippen LogP contribution < -0.4 is 0 Å². The molecule has 6 rings (SSSR count). The molecule has 3 aromatic rings. The second-order valence-electron chi connectivity index (χ2n) is 9.45. The van der Waals surface area contributed by atoms with Gasteiger partial charge in [0, 0.05) is 40.7 Å². The van der Waals surface area contributed by atoms with Crippen LogP contribution in [0.3, 0.4) is 0 Å². The van der Waals surface area contributed by atoms with Crippen LogP contribution in [0.1, 0.15) is 74.4 Å². The topological polar surface area (TPSA) is 83.7 Å². The highest BCUT2D eigenvalue weighted by Crippen LogP contribution is 2.34. The number of amides is 3. The zero-order valence-corrected chi connectivity index (χ0v) is 19.9. The number of imide groups is 1. The van der Waals surface area contributed by atoms with Crippen LogP contribution in [-0.2, 0) is 13.0 Å². The highest BCUT2D eigenvalue weighted by atomic mass is 35.5. The first-order valence-corrected chi connectivity index (χ1v) is 12.4. The molecule has 1 saturated carbocycles. The van der Waals surface area contributed by atoms with Gasteiger partial charge in [-0.05, 0) is 55.3 Å². The Kier molecular flexibility index (Phi) is 5.44. The van der Waals surface area contributed by atoms with Gasteiger partial charge in [0.2, 0.25) is 0 Å². The SMILES string of the molecule is O=C(c1ccc2c(c1)C(=O)N(C1CCCCC1)C2=O)N1CCc2noc(-c3ccc(Cl)cc3)c2C1. The maximum absolute atomic E-state index is 13.4. The molecular weight excluding hydrogens is 466 g/mol. The summed E-state index contributed by atoms with van der Waals surface area (Å²) in [6.45, 7) is 0.852. The van der Waals surface area contributed by atoms with Crippen molar-refractivity contribution < 1.29 is 18.9 Å². The van der Waals surface area contributed by atoms with E-state index in [1.807, 2.05) is 12.1 Å². The van der Waals surface area contributed by atoms with Crippen molar-refractivity contribution in [2.75, 3.05) is 6.54 Å². The normalized spacial score (nSPS) is 18.1. The fraction of sp³-hybridized carbons (Fsp3) is 0.333. The summed E-state index contributed by atoms with van der Waals surface area (Å²) in [6, 6.07) is 12.1. The van der Waals surface area contributed by atoms with Crippen LogP contribution in [0.25, 0.3) is 11.3 Å². The smallest absolute Gasteiger partial charge is 0.261 e. The standard InChI is InChI=1S/C27H24ClN3O4/c28-18-9-6-16(7-10-18)24-22-15-30(13-12-23(22)29-35-24)25(32)17-8-11-20-21(14-17)27(34)31(26(20)33)19-4-2-1-3-5-19/h6-11,14,19H,1-5,12-13,15H2. The van der Waals surface area contributed by atoms with Crippen LogP contribution in [0.2, 0.25) is 5.02 Å². The molecule has 3 amide bonds. The number of halogens is 1. The fourth-order valence-corrected chi connectivity index (χ4v) is 5.59. The molecule has 2 aromatic carbocycles. The Bertz CT molecular complexity index is 1340. The molecule has 2 aliphatic heterocycles. The summed E-state index contributed by atoms with van der Waals surface area (Å²) in [5.74, 6) is -0.0720. The van der Waals surface area contributed by atoms with E-state index in [4.69, 9.17) is 16.1 Å². The van der Waals surface area contributed by atoms with Gasteiger partial charge in [0.15, 0.2) is 5.76 Å². The molecule has 1 fully saturated rings. The second-order valence-corrected chi connectivity index (χ2v) is 9.89. The Morgan fingerprint density at radius 1 is 0.971 bits per heavy atom. The molecule has 0 unspecified atom stereocenters. The molecule has 8 heteroatoms. The average molecular weight is 490 g/mol. The summed E-state index contributed by atoms with van der Waals surface area (Å²) in [4.78, 5) is 42.7. The third-order valence-electron chi connectivity index (χ3n) is 7.34. The monoisotopic (exact) mass is 489 g/mol. The zero-order chi connectivity index (χ0) is 24.1. The molecule has 0 saturated heterocycles. The van der Waals surface area contributed by atoms with Gasteiger partial charge in [0.25, 0.3) is 17.7 Å². The van der Waals surface area contributed by atoms with Crippen molar-refractivity contribution in [2.45, 2.75) is 51.1 Å². The average Bonchev–Trinajstić information content (AvgIpc) is 3.42. The van der Waals surface area contributed by atoms with Gasteiger partial charge in [-0.1, -0.05) is 36.0 Å². The fourth-order valence-electron chi connectivity index (χ4n) is 5.46. The minimum atomic E-state index is -0.281. The number of rotatable bonds is 3. The van der Waals surface area contributed by atoms with Gasteiger partial charge in [0.05, 0.1) is 23.4 Å². The van der Waals surface area contributed by atoms with Crippen molar-refractivity contribution in [3.8, 4) is 11.3 Å². The van der Waals surface area contributed by atoms with Gasteiger partial charge in [0.1, 0.15) is 0 Å². The number of fused-ring (bicyclic) bond motifs is 2. The summed E-state index contributed by atoms with van der Waals surface area (Å²) in [7, 11) is 0. The first kappa shape index (κ1) is 22.0. The lowest BCUT2D eigenvalue weighted by Crippen LogP contribution is -2.40. The molecule has 7 nitrogen and oxygen atoms in total. The van der Waals surface area contributed by atoms with E-state index in [0.717, 1.165) is 48.9 Å². The minimum absolute atomic E-state index is 0.0457. The van der Waals surface area contributed by atoms with Gasteiger partial charge in [-0.25, -0.2) is 0 Å². The number of nitrogens with zero attached hydrogens (tertiary/aromatic N) is 3. The number of carbonyl (C=O) groups excluding carboxylic acids is 3. The van der Waals surface area contributed by atoms with Gasteiger partial charge in [-0.15, -0.1) is 0 Å². The summed E-state index contributed by atoms with van der Waals surface area (Å²) in [5, 5.41) is 4.84. The van der Waals surface area contributed by atoms with Crippen molar-refractivity contribution in [3.05, 3.63) is 75.4 Å². The largest absolute Gasteiger partial charge is 0.356 e. The molecule has 0 atom stereocenters. The molecule has 0 radical (unpaired) electrons. The second kappa shape index (κ2) is 8.64. The summed E-state index contributed by atoms with van der Waals surface area (Å²) in [6.07, 6.45) is 5.47. The molecule has 3 heterocycles.